The predicted molar refractivity (Wildman–Crippen MR) is 82.6 cm³/mol. The molecule has 0 atom stereocenters. The van der Waals surface area contributed by atoms with Crippen LogP contribution in [-0.2, 0) is 9.84 Å². The van der Waals surface area contributed by atoms with Crippen LogP contribution in [0.2, 0.25) is 10.0 Å². The second-order valence-electron chi connectivity index (χ2n) is 4.22. The highest BCUT2D eigenvalue weighted by Gasteiger charge is 2.13. The number of allylic oxidation sites excluding steroid dienone is 1. The fourth-order valence-corrected chi connectivity index (χ4v) is 2.49. The Balaban J connectivity index is 2.46. The molecule has 4 nitrogen and oxygen atoms in total. The van der Waals surface area contributed by atoms with Crippen molar-refractivity contribution < 1.29 is 12.8 Å². The molecule has 0 aliphatic heterocycles. The molecule has 0 unspecified atom stereocenters. The van der Waals surface area contributed by atoms with E-state index >= 15 is 0 Å². The summed E-state index contributed by atoms with van der Waals surface area (Å²) < 4.78 is 28.2. The van der Waals surface area contributed by atoms with Gasteiger partial charge in [-0.3, -0.25) is 0 Å². The van der Waals surface area contributed by atoms with Crippen LogP contribution in [0, 0.1) is 11.3 Å². The quantitative estimate of drug-likeness (QED) is 0.785. The van der Waals surface area contributed by atoms with Crippen molar-refractivity contribution in [3.05, 3.63) is 51.0 Å². The monoisotopic (exact) mass is 341 g/mol. The lowest BCUT2D eigenvalue weighted by Crippen LogP contribution is -1.97. The van der Waals surface area contributed by atoms with Crippen LogP contribution in [0.4, 0.5) is 0 Å². The van der Waals surface area contributed by atoms with Crippen LogP contribution in [0.3, 0.4) is 0 Å². The molecular formula is C14H9Cl2NO3S. The normalized spacial score (nSPS) is 12.2. The van der Waals surface area contributed by atoms with Crippen LogP contribution < -0.4 is 0 Å². The third-order valence-corrected chi connectivity index (χ3v) is 4.18. The largest absolute Gasteiger partial charge is 0.457 e. The van der Waals surface area contributed by atoms with Gasteiger partial charge in [0.05, 0.1) is 5.02 Å². The highest BCUT2D eigenvalue weighted by molar-refractivity contribution is 7.95. The number of benzene rings is 1. The van der Waals surface area contributed by atoms with E-state index in [0.29, 0.717) is 21.4 Å². The maximum absolute atomic E-state index is 11.4. The average Bonchev–Trinajstić information content (AvgIpc) is 2.86. The number of hydrogen-bond acceptors (Lipinski definition) is 4. The van der Waals surface area contributed by atoms with Crippen LogP contribution in [0.25, 0.3) is 17.4 Å². The predicted octanol–water partition coefficient (Wildman–Crippen LogP) is 4.16. The summed E-state index contributed by atoms with van der Waals surface area (Å²) in [7, 11) is -3.59. The smallest absolute Gasteiger partial charge is 0.185 e. The zero-order chi connectivity index (χ0) is 15.6. The van der Waals surface area contributed by atoms with Gasteiger partial charge in [0, 0.05) is 22.9 Å². The molecule has 7 heteroatoms. The molecule has 1 aromatic carbocycles. The fraction of sp³-hybridized carbons (Fsp3) is 0.0714. The maximum atomic E-state index is 11.4. The van der Waals surface area contributed by atoms with Crippen molar-refractivity contribution in [2.75, 3.05) is 6.26 Å². The van der Waals surface area contributed by atoms with Crippen molar-refractivity contribution >= 4 is 39.1 Å². The molecule has 0 aliphatic carbocycles. The molecule has 108 valence electrons. The highest BCUT2D eigenvalue weighted by atomic mass is 35.5. The van der Waals surface area contributed by atoms with Crippen molar-refractivity contribution in [3.8, 4) is 17.4 Å². The second-order valence-corrected chi connectivity index (χ2v) is 7.05. The van der Waals surface area contributed by atoms with E-state index in [1.54, 1.807) is 36.4 Å². The Morgan fingerprint density at radius 3 is 2.62 bits per heavy atom. The molecule has 2 rings (SSSR count). The van der Waals surface area contributed by atoms with E-state index in [2.05, 4.69) is 0 Å². The van der Waals surface area contributed by atoms with Gasteiger partial charge < -0.3 is 4.42 Å². The third-order valence-electron chi connectivity index (χ3n) is 2.60. The van der Waals surface area contributed by atoms with Crippen molar-refractivity contribution in [3.63, 3.8) is 0 Å². The van der Waals surface area contributed by atoms with Crippen LogP contribution >= 0.6 is 23.2 Å². The lowest BCUT2D eigenvalue weighted by molar-refractivity contribution is 0.571. The van der Waals surface area contributed by atoms with Gasteiger partial charge in [-0.25, -0.2) is 8.42 Å². The highest BCUT2D eigenvalue weighted by Crippen LogP contribution is 2.32. The first-order valence-electron chi connectivity index (χ1n) is 5.68. The van der Waals surface area contributed by atoms with Crippen LogP contribution in [0.15, 0.2) is 39.7 Å². The topological polar surface area (TPSA) is 71.1 Å². The van der Waals surface area contributed by atoms with Crippen LogP contribution in [-0.4, -0.2) is 14.7 Å². The number of halogens is 2. The minimum Gasteiger partial charge on any atom is -0.457 e. The summed E-state index contributed by atoms with van der Waals surface area (Å²) in [6.45, 7) is 0. The molecule has 1 heterocycles. The van der Waals surface area contributed by atoms with E-state index < -0.39 is 9.84 Å². The lowest BCUT2D eigenvalue weighted by atomic mass is 10.2. The van der Waals surface area contributed by atoms with Gasteiger partial charge in [-0.05, 0) is 30.3 Å². The van der Waals surface area contributed by atoms with E-state index in [0.717, 1.165) is 12.3 Å². The van der Waals surface area contributed by atoms with Gasteiger partial charge in [0.1, 0.15) is 22.5 Å². The molecule has 0 spiro atoms. The van der Waals surface area contributed by atoms with Crippen molar-refractivity contribution in [2.24, 2.45) is 0 Å². The summed E-state index contributed by atoms with van der Waals surface area (Å²) in [6.07, 6.45) is 2.12. The van der Waals surface area contributed by atoms with E-state index in [1.807, 2.05) is 0 Å². The van der Waals surface area contributed by atoms with Gasteiger partial charge in [-0.1, -0.05) is 23.2 Å². The van der Waals surface area contributed by atoms with E-state index in [9.17, 15) is 8.42 Å². The summed E-state index contributed by atoms with van der Waals surface area (Å²) in [5, 5.41) is 9.80. The molecular weight excluding hydrogens is 333 g/mol. The molecule has 0 amide bonds. The fourth-order valence-electron chi connectivity index (χ4n) is 1.61. The van der Waals surface area contributed by atoms with Crippen molar-refractivity contribution in [1.29, 1.82) is 5.26 Å². The summed E-state index contributed by atoms with van der Waals surface area (Å²) in [5.41, 5.74) is 0.585. The molecule has 0 bridgehead atoms. The minimum atomic E-state index is -3.59. The zero-order valence-corrected chi connectivity index (χ0v) is 13.1. The zero-order valence-electron chi connectivity index (χ0n) is 10.8. The Morgan fingerprint density at radius 1 is 1.29 bits per heavy atom. The maximum Gasteiger partial charge on any atom is 0.185 e. The first-order chi connectivity index (χ1) is 9.81. The van der Waals surface area contributed by atoms with Gasteiger partial charge in [0.25, 0.3) is 0 Å². The summed E-state index contributed by atoms with van der Waals surface area (Å²) >= 11 is 12.0. The third kappa shape index (κ3) is 3.67. The first-order valence-corrected chi connectivity index (χ1v) is 8.33. The molecule has 2 aromatic rings. The van der Waals surface area contributed by atoms with Gasteiger partial charge >= 0.3 is 0 Å². The minimum absolute atomic E-state index is 0.239. The molecule has 0 aliphatic rings. The van der Waals surface area contributed by atoms with Gasteiger partial charge in [0.2, 0.25) is 0 Å². The number of nitrogens with zero attached hydrogens (tertiary/aromatic N) is 1. The number of sulfone groups is 1. The molecule has 0 N–H and O–H groups in total. The number of nitriles is 1. The Labute approximate surface area is 132 Å². The average molecular weight is 342 g/mol. The van der Waals surface area contributed by atoms with Crippen LogP contribution in [0.5, 0.6) is 0 Å². The molecule has 0 fully saturated rings. The number of rotatable bonds is 3. The van der Waals surface area contributed by atoms with E-state index in [4.69, 9.17) is 32.9 Å². The van der Waals surface area contributed by atoms with Crippen LogP contribution in [0.1, 0.15) is 5.76 Å². The lowest BCUT2D eigenvalue weighted by Gasteiger charge is -2.01. The molecule has 21 heavy (non-hydrogen) atoms. The Bertz CT molecular complexity index is 861. The Hall–Kier alpha value is -1.74. The van der Waals surface area contributed by atoms with Gasteiger partial charge in [0.15, 0.2) is 9.84 Å². The number of hydrogen-bond donors (Lipinski definition) is 0. The number of furan rings is 1. The Morgan fingerprint density at radius 2 is 2.00 bits per heavy atom. The summed E-state index contributed by atoms with van der Waals surface area (Å²) in [6, 6.07) is 9.72. The molecule has 0 radical (unpaired) electrons. The van der Waals surface area contributed by atoms with Crippen molar-refractivity contribution in [2.45, 2.75) is 0 Å². The van der Waals surface area contributed by atoms with E-state index in [1.165, 1.54) is 0 Å². The van der Waals surface area contributed by atoms with Gasteiger partial charge in [-0.15, -0.1) is 0 Å². The SMILES string of the molecule is CS(=O)(=O)C(C#N)=Cc1ccc(-c2cc(Cl)ccc2Cl)o1. The summed E-state index contributed by atoms with van der Waals surface area (Å²) in [4.78, 5) is -0.374. The van der Waals surface area contributed by atoms with Gasteiger partial charge in [-0.2, -0.15) is 5.26 Å². The van der Waals surface area contributed by atoms with Crippen molar-refractivity contribution in [1.82, 2.24) is 0 Å². The molecule has 0 saturated carbocycles. The van der Waals surface area contributed by atoms with E-state index in [-0.39, 0.29) is 10.7 Å². The molecule has 1 aromatic heterocycles. The second kappa shape index (κ2) is 5.94. The standard InChI is InChI=1S/C14H9Cl2NO3S/c1-21(18,19)11(8-17)7-10-3-5-14(20-10)12-6-9(15)2-4-13(12)16/h2-7H,1H3. The first kappa shape index (κ1) is 15.6. The summed E-state index contributed by atoms with van der Waals surface area (Å²) in [5.74, 6) is 0.669. The Kier molecular flexibility index (Phi) is 4.43. The molecule has 0 saturated heterocycles.